The van der Waals surface area contributed by atoms with Gasteiger partial charge in [-0.1, -0.05) is 0 Å². The standard InChI is InChI=1S/C19H32N4O2/c24-17(23-9-1-2-10-23)13-22-11-7-16(8-12-22)20-19(25)21-18(14-3-4-14)15-5-6-15/h14-16,18H,1-13H2,(H2,20,21,25). The van der Waals surface area contributed by atoms with E-state index < -0.39 is 0 Å². The Bertz CT molecular complexity index is 478. The lowest BCUT2D eigenvalue weighted by molar-refractivity contribution is -0.131. The molecule has 2 saturated carbocycles. The van der Waals surface area contributed by atoms with Crippen molar-refractivity contribution < 1.29 is 9.59 Å². The van der Waals surface area contributed by atoms with E-state index in [2.05, 4.69) is 15.5 Å². The van der Waals surface area contributed by atoms with Crippen LogP contribution >= 0.6 is 0 Å². The molecule has 0 radical (unpaired) electrons. The highest BCUT2D eigenvalue weighted by atomic mass is 16.2. The van der Waals surface area contributed by atoms with Crippen LogP contribution in [0.25, 0.3) is 0 Å². The molecule has 25 heavy (non-hydrogen) atoms. The predicted molar refractivity (Wildman–Crippen MR) is 96.2 cm³/mol. The maximum Gasteiger partial charge on any atom is 0.315 e. The van der Waals surface area contributed by atoms with Crippen molar-refractivity contribution in [3.8, 4) is 0 Å². The molecule has 3 amide bonds. The number of hydrogen-bond donors (Lipinski definition) is 2. The lowest BCUT2D eigenvalue weighted by atomic mass is 10.0. The maximum absolute atomic E-state index is 12.3. The minimum Gasteiger partial charge on any atom is -0.342 e. The molecule has 0 aromatic rings. The number of nitrogens with one attached hydrogen (secondary N) is 2. The van der Waals surface area contributed by atoms with E-state index in [1.54, 1.807) is 0 Å². The first-order valence-electron chi connectivity index (χ1n) is 10.3. The van der Waals surface area contributed by atoms with Crippen molar-refractivity contribution >= 4 is 11.9 Å². The maximum atomic E-state index is 12.3. The van der Waals surface area contributed by atoms with Crippen LogP contribution in [-0.4, -0.2) is 66.5 Å². The van der Waals surface area contributed by atoms with E-state index in [-0.39, 0.29) is 18.0 Å². The van der Waals surface area contributed by atoms with E-state index >= 15 is 0 Å². The zero-order chi connectivity index (χ0) is 17.2. The molecule has 0 aromatic carbocycles. The predicted octanol–water partition coefficient (Wildman–Crippen LogP) is 1.56. The first-order chi connectivity index (χ1) is 12.2. The van der Waals surface area contributed by atoms with Gasteiger partial charge in [0.1, 0.15) is 0 Å². The smallest absolute Gasteiger partial charge is 0.315 e. The van der Waals surface area contributed by atoms with E-state index in [1.165, 1.54) is 25.7 Å². The van der Waals surface area contributed by atoms with Gasteiger partial charge in [-0.05, 0) is 63.2 Å². The van der Waals surface area contributed by atoms with Crippen molar-refractivity contribution in [2.24, 2.45) is 11.8 Å². The number of urea groups is 1. The minimum atomic E-state index is 0.0235. The van der Waals surface area contributed by atoms with Crippen LogP contribution in [0, 0.1) is 11.8 Å². The normalized spacial score (nSPS) is 25.4. The molecule has 6 heteroatoms. The summed E-state index contributed by atoms with van der Waals surface area (Å²) in [4.78, 5) is 28.8. The second kappa shape index (κ2) is 7.52. The fourth-order valence-electron chi connectivity index (χ4n) is 4.40. The summed E-state index contributed by atoms with van der Waals surface area (Å²) in [5.74, 6) is 1.74. The molecule has 140 valence electrons. The lowest BCUT2D eigenvalue weighted by Gasteiger charge is -2.33. The van der Waals surface area contributed by atoms with Crippen LogP contribution in [0.5, 0.6) is 0 Å². The zero-order valence-corrected chi connectivity index (χ0v) is 15.2. The lowest BCUT2D eigenvalue weighted by Crippen LogP contribution is -2.52. The molecule has 0 atom stereocenters. The number of nitrogens with zero attached hydrogens (tertiary/aromatic N) is 2. The van der Waals surface area contributed by atoms with Gasteiger partial charge in [0, 0.05) is 38.3 Å². The van der Waals surface area contributed by atoms with Gasteiger partial charge in [0.2, 0.25) is 5.91 Å². The Labute approximate surface area is 150 Å². The molecule has 4 rings (SSSR count). The van der Waals surface area contributed by atoms with E-state index in [9.17, 15) is 9.59 Å². The molecule has 4 fully saturated rings. The number of carbonyl (C=O) groups is 2. The van der Waals surface area contributed by atoms with Crippen LogP contribution in [-0.2, 0) is 4.79 Å². The van der Waals surface area contributed by atoms with Gasteiger partial charge in [0.05, 0.1) is 6.54 Å². The van der Waals surface area contributed by atoms with E-state index in [4.69, 9.17) is 0 Å². The van der Waals surface area contributed by atoms with Gasteiger partial charge in [-0.25, -0.2) is 4.79 Å². The van der Waals surface area contributed by atoms with E-state index in [0.29, 0.717) is 12.6 Å². The molecule has 2 aliphatic heterocycles. The van der Waals surface area contributed by atoms with Crippen LogP contribution in [0.15, 0.2) is 0 Å². The molecule has 0 bridgehead atoms. The summed E-state index contributed by atoms with van der Waals surface area (Å²) in [5, 5.41) is 6.42. The van der Waals surface area contributed by atoms with Crippen LogP contribution < -0.4 is 10.6 Å². The first kappa shape index (κ1) is 17.1. The quantitative estimate of drug-likeness (QED) is 0.766. The van der Waals surface area contributed by atoms with Crippen molar-refractivity contribution in [1.82, 2.24) is 20.4 Å². The summed E-state index contributed by atoms with van der Waals surface area (Å²) < 4.78 is 0. The molecule has 0 unspecified atom stereocenters. The monoisotopic (exact) mass is 348 g/mol. The van der Waals surface area contributed by atoms with Crippen molar-refractivity contribution in [2.45, 2.75) is 63.5 Å². The molecule has 0 aromatic heterocycles. The fraction of sp³-hybridized carbons (Fsp3) is 0.895. The van der Waals surface area contributed by atoms with Gasteiger partial charge in [-0.15, -0.1) is 0 Å². The van der Waals surface area contributed by atoms with Crippen molar-refractivity contribution in [2.75, 3.05) is 32.7 Å². The van der Waals surface area contributed by atoms with Crippen molar-refractivity contribution in [1.29, 1.82) is 0 Å². The summed E-state index contributed by atoms with van der Waals surface area (Å²) in [5.41, 5.74) is 0. The topological polar surface area (TPSA) is 64.7 Å². The number of rotatable bonds is 6. The Morgan fingerprint density at radius 1 is 0.880 bits per heavy atom. The van der Waals surface area contributed by atoms with E-state index in [0.717, 1.165) is 63.7 Å². The molecule has 4 aliphatic rings. The Morgan fingerprint density at radius 2 is 1.48 bits per heavy atom. The van der Waals surface area contributed by atoms with E-state index in [1.807, 2.05) is 4.90 Å². The number of likely N-dealkylation sites (tertiary alicyclic amines) is 2. The Morgan fingerprint density at radius 3 is 2.04 bits per heavy atom. The summed E-state index contributed by atoms with van der Waals surface area (Å²) in [6.45, 7) is 4.21. The summed E-state index contributed by atoms with van der Waals surface area (Å²) >= 11 is 0. The molecule has 2 aliphatic carbocycles. The highest BCUT2D eigenvalue weighted by Crippen LogP contribution is 2.44. The third-order valence-corrected chi connectivity index (χ3v) is 6.30. The second-order valence-electron chi connectivity index (χ2n) is 8.46. The third-order valence-electron chi connectivity index (χ3n) is 6.30. The molecule has 2 heterocycles. The average molecular weight is 348 g/mol. The molecule has 6 nitrogen and oxygen atoms in total. The number of piperidine rings is 1. The number of carbonyl (C=O) groups excluding carboxylic acids is 2. The van der Waals surface area contributed by atoms with Gasteiger partial charge < -0.3 is 15.5 Å². The third kappa shape index (κ3) is 4.66. The molecular weight excluding hydrogens is 316 g/mol. The molecule has 0 spiro atoms. The van der Waals surface area contributed by atoms with Crippen molar-refractivity contribution in [3.05, 3.63) is 0 Å². The summed E-state index contributed by atoms with van der Waals surface area (Å²) in [6, 6.07) is 0.686. The van der Waals surface area contributed by atoms with Gasteiger partial charge in [-0.2, -0.15) is 0 Å². The van der Waals surface area contributed by atoms with Crippen LogP contribution in [0.3, 0.4) is 0 Å². The van der Waals surface area contributed by atoms with Gasteiger partial charge in [0.25, 0.3) is 0 Å². The van der Waals surface area contributed by atoms with Crippen LogP contribution in [0.4, 0.5) is 4.79 Å². The Kier molecular flexibility index (Phi) is 5.15. The van der Waals surface area contributed by atoms with Crippen molar-refractivity contribution in [3.63, 3.8) is 0 Å². The van der Waals surface area contributed by atoms with Crippen LogP contribution in [0.2, 0.25) is 0 Å². The summed E-state index contributed by atoms with van der Waals surface area (Å²) in [6.07, 6.45) is 9.31. The SMILES string of the molecule is O=C(NC1CCN(CC(=O)N2CCCC2)CC1)NC(C1CC1)C1CC1. The average Bonchev–Trinajstić information content (AvgIpc) is 3.54. The Balaban J connectivity index is 1.15. The number of amides is 3. The van der Waals surface area contributed by atoms with Gasteiger partial charge >= 0.3 is 6.03 Å². The molecule has 2 N–H and O–H groups in total. The first-order valence-corrected chi connectivity index (χ1v) is 10.3. The largest absolute Gasteiger partial charge is 0.342 e. The Hall–Kier alpha value is -1.30. The minimum absolute atomic E-state index is 0.0235. The fourth-order valence-corrected chi connectivity index (χ4v) is 4.40. The summed E-state index contributed by atoms with van der Waals surface area (Å²) in [7, 11) is 0. The van der Waals surface area contributed by atoms with Gasteiger partial charge in [0.15, 0.2) is 0 Å². The van der Waals surface area contributed by atoms with Gasteiger partial charge in [-0.3, -0.25) is 9.69 Å². The molecular formula is C19H32N4O2. The highest BCUT2D eigenvalue weighted by molar-refractivity contribution is 5.78. The highest BCUT2D eigenvalue weighted by Gasteiger charge is 2.42. The second-order valence-corrected chi connectivity index (χ2v) is 8.46. The molecule has 2 saturated heterocycles. The number of hydrogen-bond acceptors (Lipinski definition) is 3. The zero-order valence-electron chi connectivity index (χ0n) is 15.2. The van der Waals surface area contributed by atoms with Crippen LogP contribution in [0.1, 0.15) is 51.4 Å².